The van der Waals surface area contributed by atoms with Crippen LogP contribution in [0.15, 0.2) is 28.7 Å². The lowest BCUT2D eigenvalue weighted by molar-refractivity contribution is -0.139. The number of ether oxygens (including phenoxy) is 1. The van der Waals surface area contributed by atoms with Gasteiger partial charge in [0.25, 0.3) is 5.91 Å². The molecule has 1 fully saturated rings. The van der Waals surface area contributed by atoms with E-state index < -0.39 is 12.1 Å². The molecule has 6 heteroatoms. The number of nitrogens with zero attached hydrogens (tertiary/aromatic N) is 1. The molecular formula is C15H18BrNO4. The fourth-order valence-corrected chi connectivity index (χ4v) is 2.74. The van der Waals surface area contributed by atoms with Crippen molar-refractivity contribution in [1.82, 2.24) is 4.90 Å². The predicted octanol–water partition coefficient (Wildman–Crippen LogP) is 2.54. The molecule has 21 heavy (non-hydrogen) atoms. The minimum atomic E-state index is -0.812. The van der Waals surface area contributed by atoms with Crippen LogP contribution in [0.2, 0.25) is 0 Å². The monoisotopic (exact) mass is 355 g/mol. The van der Waals surface area contributed by atoms with Crippen LogP contribution in [0.25, 0.3) is 0 Å². The van der Waals surface area contributed by atoms with Crippen molar-refractivity contribution < 1.29 is 19.4 Å². The first-order chi connectivity index (χ1) is 9.95. The molecule has 2 atom stereocenters. The Morgan fingerprint density at radius 1 is 1.43 bits per heavy atom. The van der Waals surface area contributed by atoms with E-state index in [9.17, 15) is 9.59 Å². The third kappa shape index (κ3) is 4.46. The van der Waals surface area contributed by atoms with Gasteiger partial charge in [-0.1, -0.05) is 15.9 Å². The average Bonchev–Trinajstić information content (AvgIpc) is 2.88. The van der Waals surface area contributed by atoms with Gasteiger partial charge in [-0.15, -0.1) is 0 Å². The molecule has 1 saturated heterocycles. The van der Waals surface area contributed by atoms with Crippen molar-refractivity contribution in [2.45, 2.75) is 25.9 Å². The van der Waals surface area contributed by atoms with E-state index in [1.54, 1.807) is 24.0 Å². The van der Waals surface area contributed by atoms with Crippen molar-refractivity contribution in [3.63, 3.8) is 0 Å². The lowest BCUT2D eigenvalue weighted by Crippen LogP contribution is -2.39. The van der Waals surface area contributed by atoms with Crippen LogP contribution in [0.3, 0.4) is 0 Å². The van der Waals surface area contributed by atoms with Gasteiger partial charge < -0.3 is 14.7 Å². The van der Waals surface area contributed by atoms with E-state index in [1.165, 1.54) is 0 Å². The van der Waals surface area contributed by atoms with Gasteiger partial charge in [-0.25, -0.2) is 0 Å². The Morgan fingerprint density at radius 3 is 2.71 bits per heavy atom. The first-order valence-corrected chi connectivity index (χ1v) is 7.68. The summed E-state index contributed by atoms with van der Waals surface area (Å²) in [7, 11) is 0. The Morgan fingerprint density at radius 2 is 2.10 bits per heavy atom. The van der Waals surface area contributed by atoms with E-state index in [1.807, 2.05) is 12.1 Å². The highest BCUT2D eigenvalue weighted by molar-refractivity contribution is 9.10. The van der Waals surface area contributed by atoms with Crippen LogP contribution in [-0.4, -0.2) is 41.1 Å². The van der Waals surface area contributed by atoms with Crippen molar-refractivity contribution in [2.75, 3.05) is 13.1 Å². The summed E-state index contributed by atoms with van der Waals surface area (Å²) in [6.07, 6.45) is 0.282. The Labute approximate surface area is 132 Å². The quantitative estimate of drug-likeness (QED) is 0.881. The van der Waals surface area contributed by atoms with Crippen molar-refractivity contribution >= 4 is 27.8 Å². The molecular weight excluding hydrogens is 338 g/mol. The van der Waals surface area contributed by atoms with Gasteiger partial charge in [-0.2, -0.15) is 0 Å². The average molecular weight is 356 g/mol. The van der Waals surface area contributed by atoms with Gasteiger partial charge in [0.15, 0.2) is 6.10 Å². The molecule has 0 radical (unpaired) electrons. The van der Waals surface area contributed by atoms with Gasteiger partial charge in [0.1, 0.15) is 5.75 Å². The Balaban J connectivity index is 1.88. The Hall–Kier alpha value is -1.56. The van der Waals surface area contributed by atoms with Crippen LogP contribution in [0.4, 0.5) is 0 Å². The van der Waals surface area contributed by atoms with Crippen LogP contribution in [-0.2, 0) is 9.59 Å². The number of aliphatic carboxylic acids is 1. The number of halogens is 1. The van der Waals surface area contributed by atoms with Crippen LogP contribution < -0.4 is 4.74 Å². The Kier molecular flexibility index (Phi) is 5.22. The zero-order valence-corrected chi connectivity index (χ0v) is 13.4. The van der Waals surface area contributed by atoms with E-state index in [2.05, 4.69) is 15.9 Å². The number of carbonyl (C=O) groups excluding carboxylic acids is 1. The zero-order valence-electron chi connectivity index (χ0n) is 11.8. The second kappa shape index (κ2) is 6.93. The van der Waals surface area contributed by atoms with E-state index in [-0.39, 0.29) is 18.2 Å². The maximum atomic E-state index is 12.3. The molecule has 1 N–H and O–H groups in total. The molecule has 1 heterocycles. The van der Waals surface area contributed by atoms with Gasteiger partial charge >= 0.3 is 5.97 Å². The maximum absolute atomic E-state index is 12.3. The molecule has 1 amide bonds. The third-order valence-corrected chi connectivity index (χ3v) is 4.06. The van der Waals surface area contributed by atoms with Crippen LogP contribution in [0.5, 0.6) is 5.75 Å². The molecule has 1 aliphatic heterocycles. The van der Waals surface area contributed by atoms with Gasteiger partial charge in [0, 0.05) is 24.0 Å². The second-order valence-corrected chi connectivity index (χ2v) is 6.17. The van der Waals surface area contributed by atoms with Crippen molar-refractivity contribution in [3.05, 3.63) is 28.7 Å². The smallest absolute Gasteiger partial charge is 0.303 e. The number of benzene rings is 1. The molecule has 114 valence electrons. The SMILES string of the molecule is CC(Oc1ccc(Br)cc1)C(=O)N1CCC(CC(=O)O)C1. The molecule has 0 spiro atoms. The molecule has 2 rings (SSSR count). The van der Waals surface area contributed by atoms with E-state index in [0.29, 0.717) is 18.8 Å². The summed E-state index contributed by atoms with van der Waals surface area (Å²) in [5, 5.41) is 8.79. The molecule has 1 aliphatic rings. The fraction of sp³-hybridized carbons (Fsp3) is 0.467. The lowest BCUT2D eigenvalue weighted by atomic mass is 10.1. The molecule has 0 bridgehead atoms. The summed E-state index contributed by atoms with van der Waals surface area (Å²) in [6.45, 7) is 2.82. The van der Waals surface area contributed by atoms with Gasteiger partial charge in [-0.3, -0.25) is 9.59 Å². The van der Waals surface area contributed by atoms with Crippen LogP contribution in [0.1, 0.15) is 19.8 Å². The summed E-state index contributed by atoms with van der Waals surface area (Å²) in [5.41, 5.74) is 0. The normalized spacial score (nSPS) is 19.3. The first-order valence-electron chi connectivity index (χ1n) is 6.88. The van der Waals surface area contributed by atoms with Crippen molar-refractivity contribution in [1.29, 1.82) is 0 Å². The zero-order chi connectivity index (χ0) is 15.4. The first kappa shape index (κ1) is 15.8. The number of rotatable bonds is 5. The number of hydrogen-bond acceptors (Lipinski definition) is 3. The third-order valence-electron chi connectivity index (χ3n) is 3.54. The summed E-state index contributed by atoms with van der Waals surface area (Å²) in [5.74, 6) is -0.217. The molecule has 1 aromatic carbocycles. The highest BCUT2D eigenvalue weighted by Crippen LogP contribution is 2.22. The lowest BCUT2D eigenvalue weighted by Gasteiger charge is -2.21. The van der Waals surface area contributed by atoms with Gasteiger partial charge in [-0.05, 0) is 43.5 Å². The predicted molar refractivity (Wildman–Crippen MR) is 81.2 cm³/mol. The number of carboxylic acids is 1. The molecule has 2 unspecified atom stereocenters. The largest absolute Gasteiger partial charge is 0.481 e. The highest BCUT2D eigenvalue weighted by Gasteiger charge is 2.30. The molecule has 0 saturated carbocycles. The summed E-state index contributed by atoms with van der Waals surface area (Å²) in [4.78, 5) is 24.7. The minimum Gasteiger partial charge on any atom is -0.481 e. The Bertz CT molecular complexity index is 517. The van der Waals surface area contributed by atoms with Crippen LogP contribution >= 0.6 is 15.9 Å². The standard InChI is InChI=1S/C15H18BrNO4/c1-10(21-13-4-2-12(16)3-5-13)15(20)17-7-6-11(9-17)8-14(18)19/h2-5,10-11H,6-9H2,1H3,(H,18,19). The van der Waals surface area contributed by atoms with Crippen molar-refractivity contribution in [3.8, 4) is 5.75 Å². The van der Waals surface area contributed by atoms with E-state index in [0.717, 1.165) is 10.9 Å². The summed E-state index contributed by atoms with van der Waals surface area (Å²) in [6, 6.07) is 7.30. The number of hydrogen-bond donors (Lipinski definition) is 1. The molecule has 0 aliphatic carbocycles. The number of carboxylic acid groups (broad SMARTS) is 1. The fourth-order valence-electron chi connectivity index (χ4n) is 2.47. The van der Waals surface area contributed by atoms with Crippen molar-refractivity contribution in [2.24, 2.45) is 5.92 Å². The summed E-state index contributed by atoms with van der Waals surface area (Å²) < 4.78 is 6.58. The maximum Gasteiger partial charge on any atom is 0.303 e. The van der Waals surface area contributed by atoms with E-state index in [4.69, 9.17) is 9.84 Å². The van der Waals surface area contributed by atoms with Gasteiger partial charge in [0.2, 0.25) is 0 Å². The second-order valence-electron chi connectivity index (χ2n) is 5.25. The molecule has 5 nitrogen and oxygen atoms in total. The highest BCUT2D eigenvalue weighted by atomic mass is 79.9. The molecule has 1 aromatic rings. The minimum absolute atomic E-state index is 0.0475. The summed E-state index contributed by atoms with van der Waals surface area (Å²) >= 11 is 3.34. The van der Waals surface area contributed by atoms with Gasteiger partial charge in [0.05, 0.1) is 0 Å². The van der Waals surface area contributed by atoms with Crippen LogP contribution in [0, 0.1) is 5.92 Å². The van der Waals surface area contributed by atoms with E-state index >= 15 is 0 Å². The number of likely N-dealkylation sites (tertiary alicyclic amines) is 1. The topological polar surface area (TPSA) is 66.8 Å². The molecule has 0 aromatic heterocycles. The number of carbonyl (C=O) groups is 2. The number of amides is 1.